The Morgan fingerprint density at radius 1 is 1.17 bits per heavy atom. The number of hydrazone groups is 1. The predicted octanol–water partition coefficient (Wildman–Crippen LogP) is 2.93. The van der Waals surface area contributed by atoms with E-state index in [4.69, 9.17) is 4.74 Å². The number of rotatable bonds is 5. The second-order valence-electron chi connectivity index (χ2n) is 5.29. The SMILES string of the molecule is C/C(=N/NC(=O)COc1c(C)cccc1C)c1cccc(O)c1. The van der Waals surface area contributed by atoms with Gasteiger partial charge in [-0.2, -0.15) is 5.10 Å². The van der Waals surface area contributed by atoms with Crippen LogP contribution in [0.3, 0.4) is 0 Å². The quantitative estimate of drug-likeness (QED) is 0.659. The molecule has 23 heavy (non-hydrogen) atoms. The zero-order valence-corrected chi connectivity index (χ0v) is 13.5. The number of aromatic hydroxyl groups is 1. The number of aryl methyl sites for hydroxylation is 2. The Bertz CT molecular complexity index is 719. The Morgan fingerprint density at radius 3 is 2.48 bits per heavy atom. The molecule has 0 radical (unpaired) electrons. The van der Waals surface area contributed by atoms with E-state index in [2.05, 4.69) is 10.5 Å². The Hall–Kier alpha value is -2.82. The van der Waals surface area contributed by atoms with Crippen molar-refractivity contribution in [2.75, 3.05) is 6.61 Å². The molecule has 120 valence electrons. The maximum Gasteiger partial charge on any atom is 0.277 e. The molecular weight excluding hydrogens is 292 g/mol. The van der Waals surface area contributed by atoms with Gasteiger partial charge in [0.1, 0.15) is 11.5 Å². The molecule has 0 saturated carbocycles. The molecule has 0 aromatic heterocycles. The topological polar surface area (TPSA) is 70.9 Å². The second kappa shape index (κ2) is 7.45. The van der Waals surface area contributed by atoms with E-state index >= 15 is 0 Å². The molecule has 5 heteroatoms. The summed E-state index contributed by atoms with van der Waals surface area (Å²) in [6.45, 7) is 5.51. The first kappa shape index (κ1) is 16.5. The molecule has 0 unspecified atom stereocenters. The van der Waals surface area contributed by atoms with Gasteiger partial charge < -0.3 is 9.84 Å². The van der Waals surface area contributed by atoms with E-state index < -0.39 is 0 Å². The van der Waals surface area contributed by atoms with Crippen LogP contribution in [0.5, 0.6) is 11.5 Å². The fourth-order valence-corrected chi connectivity index (χ4v) is 2.14. The fourth-order valence-electron chi connectivity index (χ4n) is 2.14. The van der Waals surface area contributed by atoms with Crippen LogP contribution in [0.4, 0.5) is 0 Å². The molecule has 1 amide bonds. The molecule has 2 rings (SSSR count). The Kier molecular flexibility index (Phi) is 5.36. The van der Waals surface area contributed by atoms with Crippen LogP contribution in [-0.4, -0.2) is 23.3 Å². The van der Waals surface area contributed by atoms with Crippen molar-refractivity contribution >= 4 is 11.6 Å². The van der Waals surface area contributed by atoms with E-state index in [0.29, 0.717) is 5.71 Å². The smallest absolute Gasteiger partial charge is 0.277 e. The summed E-state index contributed by atoms with van der Waals surface area (Å²) in [7, 11) is 0. The highest BCUT2D eigenvalue weighted by atomic mass is 16.5. The molecule has 0 aliphatic heterocycles. The van der Waals surface area contributed by atoms with Gasteiger partial charge in [0.05, 0.1) is 5.71 Å². The van der Waals surface area contributed by atoms with Gasteiger partial charge in [0.2, 0.25) is 0 Å². The molecule has 0 atom stereocenters. The second-order valence-corrected chi connectivity index (χ2v) is 5.29. The van der Waals surface area contributed by atoms with Crippen molar-refractivity contribution in [3.63, 3.8) is 0 Å². The molecule has 0 bridgehead atoms. The first-order valence-electron chi connectivity index (χ1n) is 7.29. The van der Waals surface area contributed by atoms with Crippen molar-refractivity contribution in [1.29, 1.82) is 0 Å². The van der Waals surface area contributed by atoms with Crippen LogP contribution in [-0.2, 0) is 4.79 Å². The van der Waals surface area contributed by atoms with Crippen LogP contribution < -0.4 is 10.2 Å². The van der Waals surface area contributed by atoms with Gasteiger partial charge >= 0.3 is 0 Å². The summed E-state index contributed by atoms with van der Waals surface area (Å²) in [4.78, 5) is 11.8. The number of nitrogens with one attached hydrogen (secondary N) is 1. The number of phenolic OH excluding ortho intramolecular Hbond substituents is 1. The highest BCUT2D eigenvalue weighted by Crippen LogP contribution is 2.22. The van der Waals surface area contributed by atoms with Gasteiger partial charge in [-0.25, -0.2) is 5.43 Å². The highest BCUT2D eigenvalue weighted by Gasteiger charge is 2.07. The molecule has 0 aliphatic carbocycles. The lowest BCUT2D eigenvalue weighted by atomic mass is 10.1. The number of ether oxygens (including phenoxy) is 1. The van der Waals surface area contributed by atoms with Crippen molar-refractivity contribution in [2.24, 2.45) is 5.10 Å². The summed E-state index contributed by atoms with van der Waals surface area (Å²) in [5, 5.41) is 13.5. The third-order valence-electron chi connectivity index (χ3n) is 3.37. The number of nitrogens with zero attached hydrogens (tertiary/aromatic N) is 1. The van der Waals surface area contributed by atoms with Crippen LogP contribution in [0, 0.1) is 13.8 Å². The molecule has 0 aliphatic rings. The van der Waals surface area contributed by atoms with Gasteiger partial charge in [0.25, 0.3) is 5.91 Å². The molecule has 2 aromatic rings. The monoisotopic (exact) mass is 312 g/mol. The van der Waals surface area contributed by atoms with Crippen LogP contribution in [0.25, 0.3) is 0 Å². The van der Waals surface area contributed by atoms with Gasteiger partial charge in [-0.1, -0.05) is 30.3 Å². The molecule has 0 fully saturated rings. The summed E-state index contributed by atoms with van der Waals surface area (Å²) >= 11 is 0. The number of carbonyl (C=O) groups is 1. The number of hydrogen-bond donors (Lipinski definition) is 2. The normalized spacial score (nSPS) is 11.2. The zero-order chi connectivity index (χ0) is 16.8. The largest absolute Gasteiger partial charge is 0.508 e. The minimum absolute atomic E-state index is 0.109. The first-order valence-corrected chi connectivity index (χ1v) is 7.29. The van der Waals surface area contributed by atoms with Crippen molar-refractivity contribution in [3.05, 3.63) is 59.2 Å². The highest BCUT2D eigenvalue weighted by molar-refractivity contribution is 5.99. The summed E-state index contributed by atoms with van der Waals surface area (Å²) in [6, 6.07) is 12.5. The molecule has 2 N–H and O–H groups in total. The molecule has 0 heterocycles. The summed E-state index contributed by atoms with van der Waals surface area (Å²) in [5.41, 5.74) is 5.75. The molecule has 0 spiro atoms. The van der Waals surface area contributed by atoms with Gasteiger partial charge in [-0.05, 0) is 44.0 Å². The fraction of sp³-hybridized carbons (Fsp3) is 0.222. The summed E-state index contributed by atoms with van der Waals surface area (Å²) < 4.78 is 5.57. The number of benzene rings is 2. The minimum atomic E-state index is -0.341. The lowest BCUT2D eigenvalue weighted by molar-refractivity contribution is -0.123. The lowest BCUT2D eigenvalue weighted by Gasteiger charge is -2.11. The molecule has 5 nitrogen and oxygen atoms in total. The van der Waals surface area contributed by atoms with Crippen LogP contribution >= 0.6 is 0 Å². The minimum Gasteiger partial charge on any atom is -0.508 e. The number of carbonyl (C=O) groups excluding carboxylic acids is 1. The van der Waals surface area contributed by atoms with E-state index in [1.54, 1.807) is 31.2 Å². The number of para-hydroxylation sites is 1. The molecular formula is C18H20N2O3. The van der Waals surface area contributed by atoms with Gasteiger partial charge in [-0.3, -0.25) is 4.79 Å². The van der Waals surface area contributed by atoms with Crippen molar-refractivity contribution in [3.8, 4) is 11.5 Å². The standard InChI is InChI=1S/C18H20N2O3/c1-12-6-4-7-13(2)18(12)23-11-17(22)20-19-14(3)15-8-5-9-16(21)10-15/h4-10,21H,11H2,1-3H3,(H,20,22)/b19-14-. The van der Waals surface area contributed by atoms with Crippen LogP contribution in [0.2, 0.25) is 0 Å². The van der Waals surface area contributed by atoms with E-state index in [9.17, 15) is 9.90 Å². The Morgan fingerprint density at radius 2 is 1.83 bits per heavy atom. The van der Waals surface area contributed by atoms with E-state index in [-0.39, 0.29) is 18.3 Å². The first-order chi connectivity index (χ1) is 11.0. The van der Waals surface area contributed by atoms with Crippen molar-refractivity contribution in [1.82, 2.24) is 5.43 Å². The molecule has 2 aromatic carbocycles. The van der Waals surface area contributed by atoms with E-state index in [0.717, 1.165) is 22.4 Å². The Labute approximate surface area is 135 Å². The van der Waals surface area contributed by atoms with Gasteiger partial charge in [-0.15, -0.1) is 0 Å². The lowest BCUT2D eigenvalue weighted by Crippen LogP contribution is -2.26. The van der Waals surface area contributed by atoms with Crippen LogP contribution in [0.1, 0.15) is 23.6 Å². The third-order valence-corrected chi connectivity index (χ3v) is 3.37. The van der Waals surface area contributed by atoms with E-state index in [1.807, 2.05) is 32.0 Å². The maximum atomic E-state index is 11.8. The molecule has 0 saturated heterocycles. The predicted molar refractivity (Wildman–Crippen MR) is 89.9 cm³/mol. The number of phenols is 1. The van der Waals surface area contributed by atoms with Crippen molar-refractivity contribution in [2.45, 2.75) is 20.8 Å². The van der Waals surface area contributed by atoms with E-state index in [1.165, 1.54) is 0 Å². The maximum absolute atomic E-state index is 11.8. The van der Waals surface area contributed by atoms with Crippen molar-refractivity contribution < 1.29 is 14.6 Å². The van der Waals surface area contributed by atoms with Gasteiger partial charge in [0, 0.05) is 5.56 Å². The van der Waals surface area contributed by atoms with Crippen LogP contribution in [0.15, 0.2) is 47.6 Å². The number of hydrogen-bond acceptors (Lipinski definition) is 4. The summed E-state index contributed by atoms with van der Waals surface area (Å²) in [5.74, 6) is 0.533. The third kappa shape index (κ3) is 4.57. The average molecular weight is 312 g/mol. The average Bonchev–Trinajstić information content (AvgIpc) is 2.52. The number of amides is 1. The Balaban J connectivity index is 1.94. The summed E-state index contributed by atoms with van der Waals surface area (Å²) in [6.07, 6.45) is 0. The zero-order valence-electron chi connectivity index (χ0n) is 13.5. The van der Waals surface area contributed by atoms with Gasteiger partial charge in [0.15, 0.2) is 6.61 Å².